The van der Waals surface area contributed by atoms with E-state index in [4.69, 9.17) is 0 Å². The number of ketones is 1. The molecule has 0 bridgehead atoms. The molecule has 1 aromatic carbocycles. The first-order valence-corrected chi connectivity index (χ1v) is 7.42. The molecule has 0 aromatic heterocycles. The van der Waals surface area contributed by atoms with Gasteiger partial charge in [0.25, 0.3) is 0 Å². The van der Waals surface area contributed by atoms with Crippen LogP contribution in [0, 0.1) is 6.92 Å². The van der Waals surface area contributed by atoms with Crippen molar-refractivity contribution in [1.82, 2.24) is 0 Å². The molecule has 0 heterocycles. The van der Waals surface area contributed by atoms with Crippen LogP contribution >= 0.6 is 0 Å². The first kappa shape index (κ1) is 13.9. The molecule has 0 fully saturated rings. The topological polar surface area (TPSA) is 51.2 Å². The predicted octanol–water partition coefficient (Wildman–Crippen LogP) is 2.53. The van der Waals surface area contributed by atoms with Gasteiger partial charge >= 0.3 is 0 Å². The van der Waals surface area contributed by atoms with Gasteiger partial charge in [0.05, 0.1) is 4.90 Å². The first-order valence-electron chi connectivity index (χ1n) is 5.77. The van der Waals surface area contributed by atoms with Gasteiger partial charge in [-0.3, -0.25) is 4.79 Å². The van der Waals surface area contributed by atoms with Crippen LogP contribution in [-0.2, 0) is 14.6 Å². The van der Waals surface area contributed by atoms with Gasteiger partial charge < -0.3 is 0 Å². The Kier molecular flexibility index (Phi) is 4.87. The summed E-state index contributed by atoms with van der Waals surface area (Å²) in [5, 5.41) is 0. The molecule has 4 heteroatoms. The van der Waals surface area contributed by atoms with Crippen molar-refractivity contribution in [3.8, 4) is 0 Å². The van der Waals surface area contributed by atoms with Crippen LogP contribution in [0.2, 0.25) is 0 Å². The molecule has 0 spiro atoms. The van der Waals surface area contributed by atoms with Crippen molar-refractivity contribution in [2.75, 3.05) is 5.75 Å². The molecule has 17 heavy (non-hydrogen) atoms. The van der Waals surface area contributed by atoms with Gasteiger partial charge in [-0.15, -0.1) is 0 Å². The molecule has 3 nitrogen and oxygen atoms in total. The highest BCUT2D eigenvalue weighted by Gasteiger charge is 2.18. The molecule has 0 saturated heterocycles. The second-order valence-electron chi connectivity index (χ2n) is 4.21. The Bertz CT molecular complexity index is 472. The van der Waals surface area contributed by atoms with Crippen molar-refractivity contribution in [2.45, 2.75) is 38.0 Å². The number of benzene rings is 1. The van der Waals surface area contributed by atoms with Gasteiger partial charge in [-0.2, -0.15) is 0 Å². The zero-order valence-corrected chi connectivity index (χ0v) is 11.1. The molecule has 0 N–H and O–H groups in total. The molecular weight excluding hydrogens is 236 g/mol. The van der Waals surface area contributed by atoms with E-state index < -0.39 is 9.84 Å². The lowest BCUT2D eigenvalue weighted by atomic mass is 10.2. The number of hydrogen-bond donors (Lipinski definition) is 0. The van der Waals surface area contributed by atoms with Gasteiger partial charge in [0.2, 0.25) is 0 Å². The Morgan fingerprint density at radius 3 is 2.29 bits per heavy atom. The average molecular weight is 254 g/mol. The van der Waals surface area contributed by atoms with E-state index in [1.165, 1.54) is 0 Å². The number of hydrogen-bond acceptors (Lipinski definition) is 3. The minimum Gasteiger partial charge on any atom is -0.299 e. The van der Waals surface area contributed by atoms with Gasteiger partial charge in [-0.25, -0.2) is 8.42 Å². The highest BCUT2D eigenvalue weighted by molar-refractivity contribution is 7.92. The van der Waals surface area contributed by atoms with Gasteiger partial charge in [0, 0.05) is 6.42 Å². The summed E-state index contributed by atoms with van der Waals surface area (Å²) in [6.07, 6.45) is 2.00. The summed E-state index contributed by atoms with van der Waals surface area (Å²) < 4.78 is 23.8. The van der Waals surface area contributed by atoms with Crippen LogP contribution in [0.5, 0.6) is 0 Å². The molecule has 0 unspecified atom stereocenters. The Balaban J connectivity index is 2.75. The summed E-state index contributed by atoms with van der Waals surface area (Å²) in [4.78, 5) is 11.7. The molecule has 0 atom stereocenters. The molecule has 0 aliphatic heterocycles. The number of carbonyl (C=O) groups is 1. The molecule has 0 saturated carbocycles. The Labute approximate surface area is 103 Å². The van der Waals surface area contributed by atoms with Crippen molar-refractivity contribution >= 4 is 15.6 Å². The van der Waals surface area contributed by atoms with E-state index in [1.54, 1.807) is 24.3 Å². The van der Waals surface area contributed by atoms with Crippen molar-refractivity contribution < 1.29 is 13.2 Å². The number of Topliss-reactive ketones (excluding diaryl/α,β-unsaturated/α-hetero) is 1. The number of aryl methyl sites for hydroxylation is 1. The summed E-state index contributed by atoms with van der Waals surface area (Å²) in [7, 11) is -3.46. The minimum absolute atomic E-state index is 0.201. The van der Waals surface area contributed by atoms with Crippen LogP contribution in [0.25, 0.3) is 0 Å². The molecular formula is C13H18O3S. The summed E-state index contributed by atoms with van der Waals surface area (Å²) in [5.74, 6) is -0.580. The van der Waals surface area contributed by atoms with Crippen LogP contribution in [0.15, 0.2) is 29.2 Å². The lowest BCUT2D eigenvalue weighted by Crippen LogP contribution is -2.16. The Morgan fingerprint density at radius 1 is 1.18 bits per heavy atom. The SMILES string of the molecule is CCCCC(=O)CS(=O)(=O)c1ccc(C)cc1. The summed E-state index contributed by atoms with van der Waals surface area (Å²) in [6, 6.07) is 6.59. The van der Waals surface area contributed by atoms with Crippen LogP contribution in [0.1, 0.15) is 31.7 Å². The third-order valence-corrected chi connectivity index (χ3v) is 4.23. The van der Waals surface area contributed by atoms with Crippen LogP contribution in [0.4, 0.5) is 0 Å². The summed E-state index contributed by atoms with van der Waals surface area (Å²) in [5.41, 5.74) is 1.00. The molecule has 0 aliphatic carbocycles. The lowest BCUT2D eigenvalue weighted by Gasteiger charge is -2.04. The lowest BCUT2D eigenvalue weighted by molar-refractivity contribution is -0.116. The number of rotatable bonds is 6. The van der Waals surface area contributed by atoms with E-state index in [-0.39, 0.29) is 16.4 Å². The van der Waals surface area contributed by atoms with E-state index in [0.717, 1.165) is 18.4 Å². The fourth-order valence-electron chi connectivity index (χ4n) is 1.49. The van der Waals surface area contributed by atoms with Gasteiger partial charge in [-0.05, 0) is 25.5 Å². The van der Waals surface area contributed by atoms with Crippen LogP contribution < -0.4 is 0 Å². The maximum absolute atomic E-state index is 11.9. The van der Waals surface area contributed by atoms with Gasteiger partial charge in [-0.1, -0.05) is 31.0 Å². The first-order chi connectivity index (χ1) is 7.95. The molecule has 0 radical (unpaired) electrons. The van der Waals surface area contributed by atoms with Gasteiger partial charge in [0.1, 0.15) is 11.5 Å². The summed E-state index contributed by atoms with van der Waals surface area (Å²) in [6.45, 7) is 3.87. The monoisotopic (exact) mass is 254 g/mol. The van der Waals surface area contributed by atoms with E-state index in [9.17, 15) is 13.2 Å². The van der Waals surface area contributed by atoms with Crippen LogP contribution in [0.3, 0.4) is 0 Å². The largest absolute Gasteiger partial charge is 0.299 e. The summed E-state index contributed by atoms with van der Waals surface area (Å²) >= 11 is 0. The normalized spacial score (nSPS) is 11.4. The standard InChI is InChI=1S/C13H18O3S/c1-3-4-5-12(14)10-17(15,16)13-8-6-11(2)7-9-13/h6-9H,3-5,10H2,1-2H3. The fourth-order valence-corrected chi connectivity index (χ4v) is 2.77. The highest BCUT2D eigenvalue weighted by atomic mass is 32.2. The Morgan fingerprint density at radius 2 is 1.76 bits per heavy atom. The maximum Gasteiger partial charge on any atom is 0.185 e. The van der Waals surface area contributed by atoms with Crippen molar-refractivity contribution in [2.24, 2.45) is 0 Å². The van der Waals surface area contributed by atoms with E-state index in [1.807, 2.05) is 13.8 Å². The van der Waals surface area contributed by atoms with Gasteiger partial charge in [0.15, 0.2) is 9.84 Å². The fraction of sp³-hybridized carbons (Fsp3) is 0.462. The molecule has 1 rings (SSSR count). The smallest absolute Gasteiger partial charge is 0.185 e. The van der Waals surface area contributed by atoms with Crippen molar-refractivity contribution in [3.63, 3.8) is 0 Å². The van der Waals surface area contributed by atoms with E-state index in [0.29, 0.717) is 6.42 Å². The zero-order valence-electron chi connectivity index (χ0n) is 10.3. The van der Waals surface area contributed by atoms with E-state index in [2.05, 4.69) is 0 Å². The molecule has 0 amide bonds. The third-order valence-electron chi connectivity index (χ3n) is 2.54. The molecule has 0 aliphatic rings. The molecule has 1 aromatic rings. The number of carbonyl (C=O) groups excluding carboxylic acids is 1. The second kappa shape index (κ2) is 5.96. The number of sulfone groups is 1. The second-order valence-corrected chi connectivity index (χ2v) is 6.20. The molecule has 94 valence electrons. The maximum atomic E-state index is 11.9. The van der Waals surface area contributed by atoms with Crippen molar-refractivity contribution in [3.05, 3.63) is 29.8 Å². The van der Waals surface area contributed by atoms with Crippen LogP contribution in [-0.4, -0.2) is 20.0 Å². The average Bonchev–Trinajstić information content (AvgIpc) is 2.26. The van der Waals surface area contributed by atoms with E-state index >= 15 is 0 Å². The van der Waals surface area contributed by atoms with Crippen molar-refractivity contribution in [1.29, 1.82) is 0 Å². The Hall–Kier alpha value is -1.16. The zero-order chi connectivity index (χ0) is 12.9. The predicted molar refractivity (Wildman–Crippen MR) is 67.8 cm³/mol. The quantitative estimate of drug-likeness (QED) is 0.784. The number of unbranched alkanes of at least 4 members (excludes halogenated alkanes) is 1. The minimum atomic E-state index is -3.46. The highest BCUT2D eigenvalue weighted by Crippen LogP contribution is 2.13. The third kappa shape index (κ3) is 4.30.